The lowest BCUT2D eigenvalue weighted by atomic mass is 9.84. The Morgan fingerprint density at radius 1 is 1.22 bits per heavy atom. The van der Waals surface area contributed by atoms with E-state index in [4.69, 9.17) is 11.5 Å². The molecule has 1 heterocycles. The minimum Gasteiger partial charge on any atom is -0.478 e. The van der Waals surface area contributed by atoms with E-state index in [9.17, 15) is 9.90 Å². The van der Waals surface area contributed by atoms with Gasteiger partial charge in [-0.15, -0.1) is 0 Å². The zero-order valence-corrected chi connectivity index (χ0v) is 14.2. The molecule has 0 aliphatic carbocycles. The molecule has 0 saturated carbocycles. The first-order chi connectivity index (χ1) is 10.8. The first-order valence-electron chi connectivity index (χ1n) is 8.09. The molecule has 1 aromatic heterocycles. The van der Waals surface area contributed by atoms with Crippen molar-refractivity contribution in [3.63, 3.8) is 0 Å². The minimum atomic E-state index is -0.895. The van der Waals surface area contributed by atoms with E-state index in [0.29, 0.717) is 25.2 Å². The van der Waals surface area contributed by atoms with Crippen molar-refractivity contribution in [3.8, 4) is 0 Å². The van der Waals surface area contributed by atoms with E-state index in [1.54, 1.807) is 12.1 Å². The Hall–Kier alpha value is -1.85. The largest absolute Gasteiger partial charge is 0.478 e. The first-order valence-corrected chi connectivity index (χ1v) is 8.09. The second kappa shape index (κ2) is 6.72. The van der Waals surface area contributed by atoms with E-state index in [1.165, 1.54) is 0 Å². The first kappa shape index (κ1) is 17.5. The molecule has 0 atom stereocenters. The Morgan fingerprint density at radius 3 is 2.43 bits per heavy atom. The lowest BCUT2D eigenvalue weighted by molar-refractivity contribution is 0.0697. The SMILES string of the molecule is CC(C)(C)c1cc(C(=O)O)cc2c(CCCN)cn(CCN)c12. The van der Waals surface area contributed by atoms with Crippen molar-refractivity contribution < 1.29 is 9.90 Å². The minimum absolute atomic E-state index is 0.153. The van der Waals surface area contributed by atoms with Gasteiger partial charge in [0, 0.05) is 24.7 Å². The second-order valence-corrected chi connectivity index (χ2v) is 7.00. The Balaban J connectivity index is 2.79. The normalized spacial score (nSPS) is 12.0. The Kier molecular flexibility index (Phi) is 5.12. The molecule has 5 heteroatoms. The van der Waals surface area contributed by atoms with Crippen LogP contribution in [0.5, 0.6) is 0 Å². The van der Waals surface area contributed by atoms with Gasteiger partial charge < -0.3 is 21.1 Å². The number of benzene rings is 1. The number of nitrogens with zero attached hydrogens (tertiary/aromatic N) is 1. The summed E-state index contributed by atoms with van der Waals surface area (Å²) in [7, 11) is 0. The fourth-order valence-corrected chi connectivity index (χ4v) is 3.01. The van der Waals surface area contributed by atoms with Gasteiger partial charge >= 0.3 is 5.97 Å². The van der Waals surface area contributed by atoms with Crippen molar-refractivity contribution >= 4 is 16.9 Å². The van der Waals surface area contributed by atoms with Crippen LogP contribution in [0.25, 0.3) is 10.9 Å². The Labute approximate surface area is 137 Å². The molecule has 0 amide bonds. The molecule has 0 aliphatic heterocycles. The van der Waals surface area contributed by atoms with Crippen molar-refractivity contribution in [2.24, 2.45) is 11.5 Å². The number of carboxylic acid groups (broad SMARTS) is 1. The molecule has 2 rings (SSSR count). The summed E-state index contributed by atoms with van der Waals surface area (Å²) in [6, 6.07) is 3.58. The number of rotatable bonds is 6. The molecule has 23 heavy (non-hydrogen) atoms. The van der Waals surface area contributed by atoms with Gasteiger partial charge in [-0.2, -0.15) is 0 Å². The second-order valence-electron chi connectivity index (χ2n) is 7.00. The van der Waals surface area contributed by atoms with E-state index in [1.807, 2.05) is 0 Å². The third kappa shape index (κ3) is 3.57. The number of carbonyl (C=O) groups is 1. The number of aryl methyl sites for hydroxylation is 1. The highest BCUT2D eigenvalue weighted by Gasteiger charge is 2.23. The van der Waals surface area contributed by atoms with Gasteiger partial charge in [-0.25, -0.2) is 4.79 Å². The van der Waals surface area contributed by atoms with Gasteiger partial charge in [-0.3, -0.25) is 0 Å². The summed E-state index contributed by atoms with van der Waals surface area (Å²) in [6.07, 6.45) is 3.83. The van der Waals surface area contributed by atoms with E-state index >= 15 is 0 Å². The van der Waals surface area contributed by atoms with Crippen molar-refractivity contribution in [1.82, 2.24) is 4.57 Å². The topological polar surface area (TPSA) is 94.3 Å². The van der Waals surface area contributed by atoms with Gasteiger partial charge in [-0.1, -0.05) is 20.8 Å². The van der Waals surface area contributed by atoms with Crippen molar-refractivity contribution in [2.75, 3.05) is 13.1 Å². The van der Waals surface area contributed by atoms with Crippen molar-refractivity contribution in [1.29, 1.82) is 0 Å². The third-order valence-electron chi connectivity index (χ3n) is 4.13. The van der Waals surface area contributed by atoms with Crippen molar-refractivity contribution in [3.05, 3.63) is 35.0 Å². The zero-order chi connectivity index (χ0) is 17.2. The van der Waals surface area contributed by atoms with Crippen LogP contribution in [0.2, 0.25) is 0 Å². The lowest BCUT2D eigenvalue weighted by Crippen LogP contribution is -2.16. The number of aromatic carboxylic acids is 1. The fraction of sp³-hybridized carbons (Fsp3) is 0.500. The molecule has 0 fully saturated rings. The van der Waals surface area contributed by atoms with Gasteiger partial charge in [0.15, 0.2) is 0 Å². The number of fused-ring (bicyclic) bond motifs is 1. The van der Waals surface area contributed by atoms with E-state index in [2.05, 4.69) is 31.5 Å². The number of carboxylic acids is 1. The monoisotopic (exact) mass is 317 g/mol. The van der Waals surface area contributed by atoms with E-state index in [-0.39, 0.29) is 5.41 Å². The number of nitrogens with two attached hydrogens (primary N) is 2. The molecule has 5 N–H and O–H groups in total. The number of hydrogen-bond acceptors (Lipinski definition) is 3. The van der Waals surface area contributed by atoms with Crippen LogP contribution in [-0.2, 0) is 18.4 Å². The predicted octanol–water partition coefficient (Wildman–Crippen LogP) is 2.49. The smallest absolute Gasteiger partial charge is 0.335 e. The molecule has 0 bridgehead atoms. The Bertz CT molecular complexity index is 711. The highest BCUT2D eigenvalue weighted by atomic mass is 16.4. The summed E-state index contributed by atoms with van der Waals surface area (Å²) < 4.78 is 2.16. The molecular weight excluding hydrogens is 290 g/mol. The van der Waals surface area contributed by atoms with Crippen LogP contribution in [0.1, 0.15) is 48.7 Å². The number of aromatic nitrogens is 1. The molecule has 2 aromatic rings. The molecular formula is C18H27N3O2. The van der Waals surface area contributed by atoms with E-state index in [0.717, 1.165) is 34.9 Å². The molecule has 5 nitrogen and oxygen atoms in total. The molecule has 126 valence electrons. The summed E-state index contributed by atoms with van der Waals surface area (Å²) in [5, 5.41) is 10.5. The van der Waals surface area contributed by atoms with Gasteiger partial charge in [0.1, 0.15) is 0 Å². The standard InChI is InChI=1S/C18H27N3O2/c1-18(2,3)15-10-13(17(22)23)9-14-12(5-4-6-19)11-21(8-7-20)16(14)15/h9-11H,4-8,19-20H2,1-3H3,(H,22,23). The predicted molar refractivity (Wildman–Crippen MR) is 94.0 cm³/mol. The summed E-state index contributed by atoms with van der Waals surface area (Å²) in [5.41, 5.74) is 14.9. The average Bonchev–Trinajstić information content (AvgIpc) is 2.81. The maximum Gasteiger partial charge on any atom is 0.335 e. The number of hydrogen-bond donors (Lipinski definition) is 3. The molecule has 0 unspecified atom stereocenters. The third-order valence-corrected chi connectivity index (χ3v) is 4.13. The van der Waals surface area contributed by atoms with Gasteiger partial charge in [0.05, 0.1) is 11.1 Å². The maximum atomic E-state index is 11.5. The molecule has 0 aliphatic rings. The van der Waals surface area contributed by atoms with Crippen LogP contribution in [-0.4, -0.2) is 28.7 Å². The molecule has 0 saturated heterocycles. The zero-order valence-electron chi connectivity index (χ0n) is 14.2. The van der Waals surface area contributed by atoms with Gasteiger partial charge in [0.25, 0.3) is 0 Å². The average molecular weight is 317 g/mol. The van der Waals surface area contributed by atoms with Crippen LogP contribution < -0.4 is 11.5 Å². The summed E-state index contributed by atoms with van der Waals surface area (Å²) in [4.78, 5) is 11.5. The van der Waals surface area contributed by atoms with Crippen molar-refractivity contribution in [2.45, 2.75) is 45.6 Å². The van der Waals surface area contributed by atoms with Gasteiger partial charge in [-0.05, 0) is 48.1 Å². The molecule has 0 spiro atoms. The molecule has 0 radical (unpaired) electrons. The summed E-state index contributed by atoms with van der Waals surface area (Å²) in [5.74, 6) is -0.895. The lowest BCUT2D eigenvalue weighted by Gasteiger charge is -2.22. The van der Waals surface area contributed by atoms with Crippen LogP contribution in [0.4, 0.5) is 0 Å². The highest BCUT2D eigenvalue weighted by Crippen LogP contribution is 2.34. The molecule has 1 aromatic carbocycles. The van der Waals surface area contributed by atoms with Crippen LogP contribution in [0.3, 0.4) is 0 Å². The van der Waals surface area contributed by atoms with E-state index < -0.39 is 5.97 Å². The quantitative estimate of drug-likeness (QED) is 0.763. The summed E-state index contributed by atoms with van der Waals surface area (Å²) >= 11 is 0. The fourth-order valence-electron chi connectivity index (χ4n) is 3.01. The highest BCUT2D eigenvalue weighted by molar-refractivity contribution is 5.97. The Morgan fingerprint density at radius 2 is 1.91 bits per heavy atom. The van der Waals surface area contributed by atoms with Crippen LogP contribution >= 0.6 is 0 Å². The van der Waals surface area contributed by atoms with Crippen LogP contribution in [0.15, 0.2) is 18.3 Å². The maximum absolute atomic E-state index is 11.5. The summed E-state index contributed by atoms with van der Waals surface area (Å²) in [6.45, 7) is 8.19. The van der Waals surface area contributed by atoms with Crippen LogP contribution in [0, 0.1) is 0 Å². The van der Waals surface area contributed by atoms with Gasteiger partial charge in [0.2, 0.25) is 0 Å².